The molecule has 1 saturated heterocycles. The van der Waals surface area contributed by atoms with E-state index in [0.717, 1.165) is 13.1 Å². The maximum absolute atomic E-state index is 10.8. The lowest BCUT2D eigenvalue weighted by Crippen LogP contribution is -2.52. The summed E-state index contributed by atoms with van der Waals surface area (Å²) in [5.74, 6) is -1.02. The van der Waals surface area contributed by atoms with Crippen molar-refractivity contribution in [3.05, 3.63) is 11.9 Å². The average molecular weight is 266 g/mol. The van der Waals surface area contributed by atoms with Gasteiger partial charge in [-0.1, -0.05) is 31.9 Å². The number of aromatic nitrogens is 3. The Hall–Kier alpha value is -1.43. The normalized spacial score (nSPS) is 16.8. The Morgan fingerprint density at radius 2 is 2.05 bits per heavy atom. The number of aromatic carboxylic acids is 1. The van der Waals surface area contributed by atoms with Gasteiger partial charge >= 0.3 is 5.97 Å². The van der Waals surface area contributed by atoms with E-state index in [9.17, 15) is 4.79 Å². The molecule has 2 rings (SSSR count). The second-order valence-corrected chi connectivity index (χ2v) is 5.23. The van der Waals surface area contributed by atoms with Crippen LogP contribution in [0.2, 0.25) is 0 Å². The van der Waals surface area contributed by atoms with Crippen LogP contribution in [0.5, 0.6) is 0 Å². The van der Waals surface area contributed by atoms with Gasteiger partial charge in [0.05, 0.1) is 12.2 Å². The maximum Gasteiger partial charge on any atom is 0.358 e. The molecule has 2 heterocycles. The predicted molar refractivity (Wildman–Crippen MR) is 71.2 cm³/mol. The van der Waals surface area contributed by atoms with Crippen molar-refractivity contribution in [2.24, 2.45) is 0 Å². The second kappa shape index (κ2) is 6.14. The van der Waals surface area contributed by atoms with Crippen LogP contribution in [0.4, 0.5) is 0 Å². The summed E-state index contributed by atoms with van der Waals surface area (Å²) in [4.78, 5) is 13.2. The number of likely N-dealkylation sites (tertiary alicyclic amines) is 1. The summed E-state index contributed by atoms with van der Waals surface area (Å²) in [6.07, 6.45) is 6.41. The quantitative estimate of drug-likeness (QED) is 0.814. The highest BCUT2D eigenvalue weighted by atomic mass is 16.4. The molecule has 6 nitrogen and oxygen atoms in total. The SMILES string of the molecule is CCCC(CCC)N1CC(n2cc(C(=O)O)nn2)C1. The monoisotopic (exact) mass is 266 g/mol. The molecule has 1 fully saturated rings. The molecule has 19 heavy (non-hydrogen) atoms. The highest BCUT2D eigenvalue weighted by Crippen LogP contribution is 2.26. The molecule has 1 aromatic heterocycles. The summed E-state index contributed by atoms with van der Waals surface area (Å²) in [6.45, 7) is 6.34. The third kappa shape index (κ3) is 3.12. The van der Waals surface area contributed by atoms with Crippen molar-refractivity contribution in [2.45, 2.75) is 51.6 Å². The molecule has 0 amide bonds. The van der Waals surface area contributed by atoms with Gasteiger partial charge in [0.25, 0.3) is 0 Å². The first-order valence-electron chi connectivity index (χ1n) is 7.04. The lowest BCUT2D eigenvalue weighted by Gasteiger charge is -2.44. The number of carboxylic acid groups (broad SMARTS) is 1. The van der Waals surface area contributed by atoms with Crippen LogP contribution in [0.3, 0.4) is 0 Å². The Kier molecular flexibility index (Phi) is 4.52. The van der Waals surface area contributed by atoms with Crippen molar-refractivity contribution in [3.8, 4) is 0 Å². The smallest absolute Gasteiger partial charge is 0.358 e. The minimum Gasteiger partial charge on any atom is -0.476 e. The number of hydrogen-bond donors (Lipinski definition) is 1. The molecule has 0 bridgehead atoms. The van der Waals surface area contributed by atoms with Gasteiger partial charge in [-0.3, -0.25) is 4.90 Å². The number of nitrogens with zero attached hydrogens (tertiary/aromatic N) is 4. The summed E-state index contributed by atoms with van der Waals surface area (Å²) in [5, 5.41) is 16.4. The maximum atomic E-state index is 10.8. The highest BCUT2D eigenvalue weighted by molar-refractivity contribution is 5.84. The minimum atomic E-state index is -1.02. The van der Waals surface area contributed by atoms with Crippen LogP contribution in [0.1, 0.15) is 56.1 Å². The van der Waals surface area contributed by atoms with E-state index in [4.69, 9.17) is 5.11 Å². The molecular weight excluding hydrogens is 244 g/mol. The standard InChI is InChI=1S/C13H22N4O2/c1-3-5-10(6-4-2)16-7-11(8-16)17-9-12(13(18)19)14-15-17/h9-11H,3-8H2,1-2H3,(H,18,19). The van der Waals surface area contributed by atoms with E-state index < -0.39 is 5.97 Å². The Morgan fingerprint density at radius 1 is 1.42 bits per heavy atom. The van der Waals surface area contributed by atoms with Gasteiger partial charge in [0.2, 0.25) is 0 Å². The number of hydrogen-bond acceptors (Lipinski definition) is 4. The van der Waals surface area contributed by atoms with Crippen molar-refractivity contribution in [2.75, 3.05) is 13.1 Å². The molecular formula is C13H22N4O2. The van der Waals surface area contributed by atoms with Gasteiger partial charge in [-0.05, 0) is 12.8 Å². The zero-order valence-corrected chi connectivity index (χ0v) is 11.6. The van der Waals surface area contributed by atoms with Crippen molar-refractivity contribution in [1.29, 1.82) is 0 Å². The molecule has 1 aliphatic heterocycles. The van der Waals surface area contributed by atoms with E-state index in [1.807, 2.05) is 0 Å². The lowest BCUT2D eigenvalue weighted by atomic mass is 9.98. The highest BCUT2D eigenvalue weighted by Gasteiger charge is 2.33. The van der Waals surface area contributed by atoms with Gasteiger partial charge in [-0.2, -0.15) is 0 Å². The predicted octanol–water partition coefficient (Wildman–Crippen LogP) is 1.80. The Labute approximate surface area is 113 Å². The molecule has 0 spiro atoms. The van der Waals surface area contributed by atoms with Gasteiger partial charge in [0.15, 0.2) is 5.69 Å². The fourth-order valence-corrected chi connectivity index (χ4v) is 2.68. The fourth-order valence-electron chi connectivity index (χ4n) is 2.68. The third-order valence-electron chi connectivity index (χ3n) is 3.75. The average Bonchev–Trinajstić information content (AvgIpc) is 2.77. The number of rotatable bonds is 7. The van der Waals surface area contributed by atoms with E-state index in [1.54, 1.807) is 4.68 Å². The molecule has 0 aliphatic carbocycles. The van der Waals surface area contributed by atoms with Crippen molar-refractivity contribution >= 4 is 5.97 Å². The largest absolute Gasteiger partial charge is 0.476 e. The van der Waals surface area contributed by atoms with Gasteiger partial charge in [0.1, 0.15) is 0 Å². The summed E-state index contributed by atoms with van der Waals surface area (Å²) in [6, 6.07) is 0.936. The van der Waals surface area contributed by atoms with Crippen molar-refractivity contribution in [3.63, 3.8) is 0 Å². The van der Waals surface area contributed by atoms with Gasteiger partial charge in [-0.15, -0.1) is 5.10 Å². The van der Waals surface area contributed by atoms with E-state index in [2.05, 4.69) is 29.1 Å². The molecule has 0 atom stereocenters. The molecule has 0 saturated carbocycles. The molecule has 106 valence electrons. The zero-order chi connectivity index (χ0) is 13.8. The van der Waals surface area contributed by atoms with E-state index in [0.29, 0.717) is 6.04 Å². The first kappa shape index (κ1) is 14.0. The van der Waals surface area contributed by atoms with Crippen molar-refractivity contribution < 1.29 is 9.90 Å². The molecule has 0 unspecified atom stereocenters. The number of carbonyl (C=O) groups is 1. The molecule has 1 aliphatic rings. The molecule has 0 radical (unpaired) electrons. The van der Waals surface area contributed by atoms with E-state index >= 15 is 0 Å². The van der Waals surface area contributed by atoms with E-state index in [-0.39, 0.29) is 11.7 Å². The molecule has 1 aromatic rings. The van der Waals surface area contributed by atoms with Crippen LogP contribution in [0.15, 0.2) is 6.20 Å². The third-order valence-corrected chi connectivity index (χ3v) is 3.75. The van der Waals surface area contributed by atoms with Crippen LogP contribution < -0.4 is 0 Å². The minimum absolute atomic E-state index is 0.0251. The van der Waals surface area contributed by atoms with Crippen LogP contribution in [0, 0.1) is 0 Å². The summed E-state index contributed by atoms with van der Waals surface area (Å²) in [7, 11) is 0. The summed E-state index contributed by atoms with van der Waals surface area (Å²) < 4.78 is 1.69. The summed E-state index contributed by atoms with van der Waals surface area (Å²) in [5.41, 5.74) is 0.0251. The van der Waals surface area contributed by atoms with Crippen LogP contribution in [-0.2, 0) is 0 Å². The van der Waals surface area contributed by atoms with Crippen LogP contribution >= 0.6 is 0 Å². The molecule has 6 heteroatoms. The van der Waals surface area contributed by atoms with Crippen LogP contribution in [0.25, 0.3) is 0 Å². The van der Waals surface area contributed by atoms with E-state index in [1.165, 1.54) is 31.9 Å². The van der Waals surface area contributed by atoms with Gasteiger partial charge < -0.3 is 5.11 Å². The molecule has 0 aromatic carbocycles. The number of carboxylic acids is 1. The Balaban J connectivity index is 1.88. The van der Waals surface area contributed by atoms with Gasteiger partial charge in [0, 0.05) is 19.1 Å². The molecule has 1 N–H and O–H groups in total. The zero-order valence-electron chi connectivity index (χ0n) is 11.6. The topological polar surface area (TPSA) is 71.2 Å². The fraction of sp³-hybridized carbons (Fsp3) is 0.769. The Morgan fingerprint density at radius 3 is 2.53 bits per heavy atom. The first-order chi connectivity index (χ1) is 9.15. The van der Waals surface area contributed by atoms with Gasteiger partial charge in [-0.25, -0.2) is 9.48 Å². The second-order valence-electron chi connectivity index (χ2n) is 5.23. The summed E-state index contributed by atoms with van der Waals surface area (Å²) >= 11 is 0. The first-order valence-corrected chi connectivity index (χ1v) is 7.04. The lowest BCUT2D eigenvalue weighted by molar-refractivity contribution is 0.0432. The van der Waals surface area contributed by atoms with Crippen molar-refractivity contribution in [1.82, 2.24) is 19.9 Å². The van der Waals surface area contributed by atoms with Crippen LogP contribution in [-0.4, -0.2) is 50.1 Å². The Bertz CT molecular complexity index is 420.